The quantitative estimate of drug-likeness (QED) is 0.679. The molecule has 0 aliphatic carbocycles. The maximum absolute atomic E-state index is 12.0. The normalized spacial score (nSPS) is 17.4. The molecule has 0 aromatic heterocycles. The van der Waals surface area contributed by atoms with Gasteiger partial charge in [0.15, 0.2) is 0 Å². The van der Waals surface area contributed by atoms with E-state index in [9.17, 15) is 4.79 Å². The van der Waals surface area contributed by atoms with Crippen molar-refractivity contribution in [2.75, 3.05) is 20.3 Å². The molecule has 0 bridgehead atoms. The molecule has 0 radical (unpaired) electrons. The largest absolute Gasteiger partial charge is 0.497 e. The summed E-state index contributed by atoms with van der Waals surface area (Å²) in [6, 6.07) is 7.41. The summed E-state index contributed by atoms with van der Waals surface area (Å²) < 4.78 is 5.56. The van der Waals surface area contributed by atoms with Crippen molar-refractivity contribution >= 4 is 40.3 Å². The van der Waals surface area contributed by atoms with Crippen LogP contribution in [0.1, 0.15) is 5.56 Å². The Kier molecular flexibility index (Phi) is 4.57. The average molecular weight is 295 g/mol. The van der Waals surface area contributed by atoms with Crippen LogP contribution >= 0.6 is 24.0 Å². The van der Waals surface area contributed by atoms with Gasteiger partial charge in [0.05, 0.1) is 25.2 Å². The molecule has 100 valence electrons. The van der Waals surface area contributed by atoms with Crippen LogP contribution in [0.5, 0.6) is 5.75 Å². The molecule has 1 N–H and O–H groups in total. The Hall–Kier alpha value is -1.37. The number of hydrogen-bond acceptors (Lipinski definition) is 5. The highest BCUT2D eigenvalue weighted by Gasteiger charge is 2.31. The van der Waals surface area contributed by atoms with E-state index < -0.39 is 0 Å². The number of aliphatic hydroxyl groups excluding tert-OH is 1. The number of rotatable bonds is 4. The molecular weight excluding hydrogens is 282 g/mol. The predicted octanol–water partition coefficient (Wildman–Crippen LogP) is 1.89. The number of hydrogen-bond donors (Lipinski definition) is 1. The molecule has 1 heterocycles. The van der Waals surface area contributed by atoms with Gasteiger partial charge in [-0.15, -0.1) is 0 Å². The van der Waals surface area contributed by atoms with E-state index in [1.165, 1.54) is 16.7 Å². The lowest BCUT2D eigenvalue weighted by Gasteiger charge is -2.11. The second kappa shape index (κ2) is 6.18. The number of aliphatic hydroxyl groups is 1. The van der Waals surface area contributed by atoms with Crippen LogP contribution in [0.2, 0.25) is 0 Å². The van der Waals surface area contributed by atoms with Gasteiger partial charge < -0.3 is 9.84 Å². The van der Waals surface area contributed by atoms with Gasteiger partial charge in [-0.3, -0.25) is 9.69 Å². The van der Waals surface area contributed by atoms with Crippen LogP contribution in [0.4, 0.5) is 0 Å². The van der Waals surface area contributed by atoms with E-state index in [1.54, 1.807) is 13.2 Å². The van der Waals surface area contributed by atoms with Gasteiger partial charge in [0.25, 0.3) is 5.91 Å². The number of thioether (sulfide) groups is 1. The van der Waals surface area contributed by atoms with E-state index >= 15 is 0 Å². The minimum atomic E-state index is -0.153. The van der Waals surface area contributed by atoms with Crippen LogP contribution in [0, 0.1) is 0 Å². The van der Waals surface area contributed by atoms with E-state index in [2.05, 4.69) is 0 Å². The van der Waals surface area contributed by atoms with Crippen LogP contribution < -0.4 is 4.74 Å². The van der Waals surface area contributed by atoms with Crippen molar-refractivity contribution < 1.29 is 14.6 Å². The summed E-state index contributed by atoms with van der Waals surface area (Å²) in [7, 11) is 1.61. The van der Waals surface area contributed by atoms with Gasteiger partial charge in [0, 0.05) is 0 Å². The molecule has 0 spiro atoms. The van der Waals surface area contributed by atoms with Crippen molar-refractivity contribution in [3.8, 4) is 5.75 Å². The SMILES string of the molecule is COc1ccc(/C=C2\SC(=S)N(CCO)C2=O)cc1. The summed E-state index contributed by atoms with van der Waals surface area (Å²) in [4.78, 5) is 14.0. The Morgan fingerprint density at radius 1 is 1.42 bits per heavy atom. The zero-order chi connectivity index (χ0) is 13.8. The fourth-order valence-electron chi connectivity index (χ4n) is 1.64. The molecule has 0 atom stereocenters. The van der Waals surface area contributed by atoms with E-state index in [0.717, 1.165) is 11.3 Å². The molecule has 1 saturated heterocycles. The van der Waals surface area contributed by atoms with Gasteiger partial charge >= 0.3 is 0 Å². The van der Waals surface area contributed by atoms with Crippen molar-refractivity contribution in [1.82, 2.24) is 4.90 Å². The molecule has 19 heavy (non-hydrogen) atoms. The average Bonchev–Trinajstić information content (AvgIpc) is 2.68. The number of methoxy groups -OCH3 is 1. The van der Waals surface area contributed by atoms with Gasteiger partial charge in [-0.2, -0.15) is 0 Å². The number of carbonyl (C=O) groups is 1. The summed E-state index contributed by atoms with van der Waals surface area (Å²) in [6.07, 6.45) is 1.79. The molecule has 1 aromatic carbocycles. The first kappa shape index (κ1) is 14.0. The van der Waals surface area contributed by atoms with E-state index in [0.29, 0.717) is 9.23 Å². The fourth-order valence-corrected chi connectivity index (χ4v) is 2.95. The van der Waals surface area contributed by atoms with E-state index in [-0.39, 0.29) is 19.1 Å². The predicted molar refractivity (Wildman–Crippen MR) is 80.0 cm³/mol. The zero-order valence-corrected chi connectivity index (χ0v) is 12.0. The summed E-state index contributed by atoms with van der Waals surface area (Å²) in [6.45, 7) is 0.146. The Morgan fingerprint density at radius 3 is 2.68 bits per heavy atom. The Balaban J connectivity index is 2.19. The number of thiocarbonyl (C=S) groups is 1. The number of amides is 1. The number of β-amino-alcohol motifs (C(OH)–C–C–N with tert-alkyl or cyclic N) is 1. The molecule has 1 amide bonds. The van der Waals surface area contributed by atoms with Crippen LogP contribution in [-0.4, -0.2) is 40.5 Å². The van der Waals surface area contributed by atoms with Crippen LogP contribution in [0.3, 0.4) is 0 Å². The van der Waals surface area contributed by atoms with Crippen molar-refractivity contribution in [2.24, 2.45) is 0 Å². The first-order chi connectivity index (χ1) is 9.15. The van der Waals surface area contributed by atoms with Crippen molar-refractivity contribution in [1.29, 1.82) is 0 Å². The van der Waals surface area contributed by atoms with Gasteiger partial charge in [-0.05, 0) is 23.8 Å². The number of carbonyl (C=O) groups excluding carboxylic acids is 1. The molecule has 6 heteroatoms. The summed E-state index contributed by atoms with van der Waals surface area (Å²) >= 11 is 6.37. The molecular formula is C13H13NO3S2. The van der Waals surface area contributed by atoms with E-state index in [4.69, 9.17) is 22.1 Å². The fraction of sp³-hybridized carbons (Fsp3) is 0.231. The molecule has 0 unspecified atom stereocenters. The van der Waals surface area contributed by atoms with Crippen LogP contribution in [0.25, 0.3) is 6.08 Å². The highest BCUT2D eigenvalue weighted by molar-refractivity contribution is 8.26. The lowest BCUT2D eigenvalue weighted by Crippen LogP contribution is -2.30. The van der Waals surface area contributed by atoms with Gasteiger partial charge in [0.2, 0.25) is 0 Å². The molecule has 0 saturated carbocycles. The molecule has 4 nitrogen and oxygen atoms in total. The van der Waals surface area contributed by atoms with Gasteiger partial charge in [-0.25, -0.2) is 0 Å². The third-order valence-corrected chi connectivity index (χ3v) is 3.99. The third-order valence-electron chi connectivity index (χ3n) is 2.61. The standard InChI is InChI=1S/C13H13NO3S2/c1-17-10-4-2-9(3-5-10)8-11-12(16)14(6-7-15)13(18)19-11/h2-5,8,15H,6-7H2,1H3/b11-8-. The lowest BCUT2D eigenvalue weighted by atomic mass is 10.2. The maximum Gasteiger partial charge on any atom is 0.266 e. The van der Waals surface area contributed by atoms with Crippen molar-refractivity contribution in [3.63, 3.8) is 0 Å². The van der Waals surface area contributed by atoms with E-state index in [1.807, 2.05) is 24.3 Å². The minimum Gasteiger partial charge on any atom is -0.497 e. The highest BCUT2D eigenvalue weighted by Crippen LogP contribution is 2.32. The lowest BCUT2D eigenvalue weighted by molar-refractivity contribution is -0.122. The number of benzene rings is 1. The molecule has 1 aliphatic rings. The summed E-state index contributed by atoms with van der Waals surface area (Å²) in [5.74, 6) is 0.616. The molecule has 1 aromatic rings. The van der Waals surface area contributed by atoms with Crippen LogP contribution in [0.15, 0.2) is 29.2 Å². The van der Waals surface area contributed by atoms with Gasteiger partial charge in [0.1, 0.15) is 10.1 Å². The highest BCUT2D eigenvalue weighted by atomic mass is 32.2. The zero-order valence-electron chi connectivity index (χ0n) is 10.3. The summed E-state index contributed by atoms with van der Waals surface area (Å²) in [5.41, 5.74) is 0.908. The first-order valence-corrected chi connectivity index (χ1v) is 6.88. The van der Waals surface area contributed by atoms with Crippen molar-refractivity contribution in [2.45, 2.75) is 0 Å². The Bertz CT molecular complexity index is 525. The van der Waals surface area contributed by atoms with Gasteiger partial charge in [-0.1, -0.05) is 36.1 Å². The summed E-state index contributed by atoms with van der Waals surface area (Å²) in [5, 5.41) is 8.90. The molecule has 1 fully saturated rings. The second-order valence-corrected chi connectivity index (χ2v) is 5.51. The smallest absolute Gasteiger partial charge is 0.266 e. The maximum atomic E-state index is 12.0. The Morgan fingerprint density at radius 2 is 2.11 bits per heavy atom. The minimum absolute atomic E-state index is 0.0950. The molecule has 1 aliphatic heterocycles. The Labute approximate surface area is 121 Å². The van der Waals surface area contributed by atoms with Crippen LogP contribution in [-0.2, 0) is 4.79 Å². The number of nitrogens with zero attached hydrogens (tertiary/aromatic N) is 1. The number of ether oxygens (including phenoxy) is 1. The van der Waals surface area contributed by atoms with Crippen molar-refractivity contribution in [3.05, 3.63) is 34.7 Å². The molecule has 2 rings (SSSR count). The second-order valence-electron chi connectivity index (χ2n) is 3.83. The topological polar surface area (TPSA) is 49.8 Å². The first-order valence-electron chi connectivity index (χ1n) is 5.66. The monoisotopic (exact) mass is 295 g/mol. The third kappa shape index (κ3) is 3.15.